The van der Waals surface area contributed by atoms with Crippen molar-refractivity contribution in [1.82, 2.24) is 4.57 Å². The molecule has 3 aromatic rings. The number of pyridine rings is 1. The summed E-state index contributed by atoms with van der Waals surface area (Å²) in [6.07, 6.45) is -4.24. The topological polar surface area (TPSA) is 142 Å². The molecule has 0 saturated heterocycles. The molecule has 10 nitrogen and oxygen atoms in total. The second-order valence-corrected chi connectivity index (χ2v) is 7.00. The van der Waals surface area contributed by atoms with Gasteiger partial charge in [-0.2, -0.15) is 17.9 Å². The summed E-state index contributed by atoms with van der Waals surface area (Å²) in [4.78, 5) is 23.0. The summed E-state index contributed by atoms with van der Waals surface area (Å²) in [5.74, 6) is -2.59. The third kappa shape index (κ3) is 4.31. The molecule has 0 aliphatic heterocycles. The molecule has 0 atom stereocenters. The Balaban J connectivity index is 2.33. The van der Waals surface area contributed by atoms with Crippen LogP contribution >= 0.6 is 0 Å². The Hall–Kier alpha value is -4.29. The van der Waals surface area contributed by atoms with Gasteiger partial charge in [0.2, 0.25) is 5.75 Å². The van der Waals surface area contributed by atoms with Crippen LogP contribution in [0.25, 0.3) is 22.5 Å². The molecule has 0 amide bonds. The number of carbonyl (C=O) groups excluding carboxylic acids is 1. The number of halogens is 3. The van der Waals surface area contributed by atoms with Crippen LogP contribution < -0.4 is 4.73 Å². The van der Waals surface area contributed by atoms with Gasteiger partial charge in [-0.25, -0.2) is 4.79 Å². The highest BCUT2D eigenvalue weighted by atomic mass is 19.4. The van der Waals surface area contributed by atoms with E-state index in [-0.39, 0.29) is 46.0 Å². The molecule has 13 heteroatoms. The number of hydrogen-bond acceptors (Lipinski definition) is 7. The minimum absolute atomic E-state index is 0.0229. The molecule has 2 N–H and O–H groups in total. The van der Waals surface area contributed by atoms with Crippen LogP contribution in [0.15, 0.2) is 36.5 Å². The monoisotopic (exact) mass is 481 g/mol. The number of nitrogens with zero attached hydrogens (tertiary/aromatic N) is 3. The predicted octanol–water partition coefficient (Wildman–Crippen LogP) is 3.99. The number of aromatic hydroxyl groups is 2. The van der Waals surface area contributed by atoms with Crippen molar-refractivity contribution in [3.05, 3.63) is 63.1 Å². The number of hydrogen-bond donors (Lipinski definition) is 2. The zero-order valence-electron chi connectivity index (χ0n) is 17.8. The first-order valence-corrected chi connectivity index (χ1v) is 9.82. The van der Waals surface area contributed by atoms with Crippen LogP contribution in [0, 0.1) is 15.3 Å². The Morgan fingerprint density at radius 3 is 2.38 bits per heavy atom. The van der Waals surface area contributed by atoms with E-state index in [0.29, 0.717) is 12.3 Å². The van der Waals surface area contributed by atoms with Crippen molar-refractivity contribution in [3.63, 3.8) is 0 Å². The van der Waals surface area contributed by atoms with E-state index in [0.717, 1.165) is 18.2 Å². The maximum atomic E-state index is 13.0. The number of rotatable bonds is 6. The smallest absolute Gasteiger partial charge is 0.478 e. The molecule has 0 saturated carbocycles. The van der Waals surface area contributed by atoms with Crippen molar-refractivity contribution in [2.75, 3.05) is 6.61 Å². The summed E-state index contributed by atoms with van der Waals surface area (Å²) < 4.78 is 45.2. The van der Waals surface area contributed by atoms with Crippen LogP contribution in [0.2, 0.25) is 0 Å². The molecule has 2 aromatic heterocycles. The number of nitro benzene ring substituents is 1. The highest BCUT2D eigenvalue weighted by molar-refractivity contribution is 5.99. The zero-order valence-corrected chi connectivity index (χ0v) is 17.8. The summed E-state index contributed by atoms with van der Waals surface area (Å²) in [7, 11) is 0. The van der Waals surface area contributed by atoms with Crippen molar-refractivity contribution < 1.29 is 42.6 Å². The first kappa shape index (κ1) is 24.4. The van der Waals surface area contributed by atoms with Gasteiger partial charge >= 0.3 is 17.8 Å². The Morgan fingerprint density at radius 2 is 1.85 bits per heavy atom. The molecule has 0 spiro atoms. The molecule has 34 heavy (non-hydrogen) atoms. The van der Waals surface area contributed by atoms with Gasteiger partial charge in [-0.15, -0.1) is 0 Å². The van der Waals surface area contributed by atoms with E-state index >= 15 is 0 Å². The first-order chi connectivity index (χ1) is 15.9. The van der Waals surface area contributed by atoms with Crippen molar-refractivity contribution in [2.45, 2.75) is 26.6 Å². The number of phenolic OH excluding ortho intramolecular Hbond substituents is 2. The predicted molar refractivity (Wildman–Crippen MR) is 111 cm³/mol. The normalized spacial score (nSPS) is 11.4. The lowest BCUT2D eigenvalue weighted by Gasteiger charge is -2.14. The number of aromatic nitrogens is 2. The zero-order chi connectivity index (χ0) is 25.4. The van der Waals surface area contributed by atoms with Gasteiger partial charge in [0.1, 0.15) is 0 Å². The summed E-state index contributed by atoms with van der Waals surface area (Å²) in [6, 6.07) is 4.86. The Bertz CT molecular complexity index is 1290. The highest BCUT2D eigenvalue weighted by Crippen LogP contribution is 2.41. The standard InChI is InChI=1S/C21H18F3N3O7/c1-3-25-14(12-7-15(27(32)33)19(29)16(28)8-12)9-13(20(30)34-4-2)18(25)11-5-6-17(21(22,23)24)26(31)10-11/h5-10,28-29H,3-4H2,1-2H3. The Morgan fingerprint density at radius 1 is 1.18 bits per heavy atom. The van der Waals surface area contributed by atoms with Gasteiger partial charge in [0.15, 0.2) is 11.9 Å². The van der Waals surface area contributed by atoms with Crippen LogP contribution in [-0.4, -0.2) is 32.3 Å². The van der Waals surface area contributed by atoms with Gasteiger partial charge in [-0.05, 0) is 32.0 Å². The fraction of sp³-hybridized carbons (Fsp3) is 0.238. The van der Waals surface area contributed by atoms with E-state index < -0.39 is 39.9 Å². The highest BCUT2D eigenvalue weighted by Gasteiger charge is 2.40. The average Bonchev–Trinajstić information content (AvgIpc) is 3.14. The number of phenols is 2. The molecule has 2 heterocycles. The maximum absolute atomic E-state index is 13.0. The SMILES string of the molecule is CCOC(=O)c1cc(-c2cc(O)c(O)c([N+](=O)[O-])c2)n(CC)c1-c1ccc(C(F)(F)F)[n+]([O-])c1. The fourth-order valence-electron chi connectivity index (χ4n) is 3.52. The van der Waals surface area contributed by atoms with Gasteiger partial charge in [-0.3, -0.25) is 10.1 Å². The van der Waals surface area contributed by atoms with Gasteiger partial charge < -0.3 is 24.7 Å². The Labute approximate surface area is 189 Å². The number of alkyl halides is 3. The van der Waals surface area contributed by atoms with Crippen molar-refractivity contribution >= 4 is 11.7 Å². The average molecular weight is 481 g/mol. The minimum atomic E-state index is -4.90. The molecule has 0 aliphatic rings. The second kappa shape index (κ2) is 8.92. The molecular formula is C21H18F3N3O7. The molecular weight excluding hydrogens is 463 g/mol. The van der Waals surface area contributed by atoms with Gasteiger partial charge in [-0.1, -0.05) is 0 Å². The molecule has 180 valence electrons. The number of esters is 1. The van der Waals surface area contributed by atoms with Crippen LogP contribution in [0.5, 0.6) is 11.5 Å². The number of benzene rings is 1. The molecule has 1 aromatic carbocycles. The number of nitro groups is 1. The van der Waals surface area contributed by atoms with E-state index in [4.69, 9.17) is 4.74 Å². The molecule has 0 fully saturated rings. The van der Waals surface area contributed by atoms with E-state index in [1.807, 2.05) is 0 Å². The van der Waals surface area contributed by atoms with E-state index in [9.17, 15) is 43.5 Å². The molecule has 0 bridgehead atoms. The largest absolute Gasteiger partial charge is 0.618 e. The van der Waals surface area contributed by atoms with E-state index in [2.05, 4.69) is 0 Å². The van der Waals surface area contributed by atoms with Gasteiger partial charge in [0.25, 0.3) is 5.69 Å². The van der Waals surface area contributed by atoms with Crippen LogP contribution in [-0.2, 0) is 17.5 Å². The third-order valence-electron chi connectivity index (χ3n) is 4.95. The third-order valence-corrected chi connectivity index (χ3v) is 4.95. The molecule has 0 unspecified atom stereocenters. The fourth-order valence-corrected chi connectivity index (χ4v) is 3.52. The summed E-state index contributed by atoms with van der Waals surface area (Å²) in [5, 5.41) is 43.1. The van der Waals surface area contributed by atoms with Crippen molar-refractivity contribution in [3.8, 4) is 34.0 Å². The lowest BCUT2D eigenvalue weighted by Crippen LogP contribution is -2.36. The molecule has 0 radical (unpaired) electrons. The lowest BCUT2D eigenvalue weighted by atomic mass is 10.1. The van der Waals surface area contributed by atoms with Crippen molar-refractivity contribution in [1.29, 1.82) is 0 Å². The van der Waals surface area contributed by atoms with E-state index in [1.54, 1.807) is 13.8 Å². The minimum Gasteiger partial charge on any atom is -0.618 e. The van der Waals surface area contributed by atoms with Gasteiger partial charge in [0.05, 0.1) is 28.4 Å². The van der Waals surface area contributed by atoms with Crippen LogP contribution in [0.1, 0.15) is 29.9 Å². The van der Waals surface area contributed by atoms with Crippen LogP contribution in [0.4, 0.5) is 18.9 Å². The number of carbonyl (C=O) groups is 1. The quantitative estimate of drug-likeness (QED) is 0.135. The van der Waals surface area contributed by atoms with Gasteiger partial charge in [0, 0.05) is 29.9 Å². The Kier molecular flexibility index (Phi) is 6.39. The van der Waals surface area contributed by atoms with Crippen LogP contribution in [0.3, 0.4) is 0 Å². The first-order valence-electron chi connectivity index (χ1n) is 9.82. The summed E-state index contributed by atoms with van der Waals surface area (Å²) >= 11 is 0. The maximum Gasteiger partial charge on any atom is 0.478 e. The second-order valence-electron chi connectivity index (χ2n) is 7.00. The summed E-state index contributed by atoms with van der Waals surface area (Å²) in [6.45, 7) is 3.26. The van der Waals surface area contributed by atoms with Crippen molar-refractivity contribution in [2.24, 2.45) is 0 Å². The number of ether oxygens (including phenoxy) is 1. The lowest BCUT2D eigenvalue weighted by molar-refractivity contribution is -0.628. The molecule has 0 aliphatic carbocycles. The molecule has 3 rings (SSSR count). The van der Waals surface area contributed by atoms with E-state index in [1.165, 1.54) is 10.6 Å². The summed E-state index contributed by atoms with van der Waals surface area (Å²) in [5.41, 5.74) is -2.21.